The van der Waals surface area contributed by atoms with Gasteiger partial charge in [0.15, 0.2) is 0 Å². The third-order valence-corrected chi connectivity index (χ3v) is 2.85. The molecule has 4 nitrogen and oxygen atoms in total. The lowest BCUT2D eigenvalue weighted by molar-refractivity contribution is 0.100. The first kappa shape index (κ1) is 11.0. The van der Waals surface area contributed by atoms with E-state index in [2.05, 4.69) is 10.2 Å². The van der Waals surface area contributed by atoms with Gasteiger partial charge in [-0.05, 0) is 25.1 Å². The molecule has 2 rings (SSSR count). The molecular formula is C12H17N3O. The van der Waals surface area contributed by atoms with Crippen molar-refractivity contribution in [1.82, 2.24) is 5.32 Å². The Hall–Kier alpha value is -1.55. The highest BCUT2D eigenvalue weighted by molar-refractivity contribution is 5.98. The predicted octanol–water partition coefficient (Wildman–Crippen LogP) is 0.585. The standard InChI is InChI=1S/C12H17N3O/c13-12(16)10-4-1-2-5-11(10)15-8-3-6-14-7-9-15/h1-2,4-5,14H,3,6-9H2,(H2,13,16). The molecule has 3 N–H and O–H groups in total. The van der Waals surface area contributed by atoms with Crippen LogP contribution in [0.25, 0.3) is 0 Å². The molecule has 1 aliphatic rings. The first-order chi connectivity index (χ1) is 7.79. The van der Waals surface area contributed by atoms with Crippen molar-refractivity contribution in [1.29, 1.82) is 0 Å². The van der Waals surface area contributed by atoms with Gasteiger partial charge in [-0.1, -0.05) is 12.1 Å². The third-order valence-electron chi connectivity index (χ3n) is 2.85. The number of rotatable bonds is 2. The van der Waals surface area contributed by atoms with Gasteiger partial charge in [-0.15, -0.1) is 0 Å². The first-order valence-corrected chi connectivity index (χ1v) is 5.63. The molecule has 0 aliphatic carbocycles. The molecule has 1 aromatic rings. The van der Waals surface area contributed by atoms with Crippen LogP contribution in [0.15, 0.2) is 24.3 Å². The van der Waals surface area contributed by atoms with Crippen LogP contribution in [0.2, 0.25) is 0 Å². The van der Waals surface area contributed by atoms with Gasteiger partial charge in [0.2, 0.25) is 0 Å². The van der Waals surface area contributed by atoms with E-state index < -0.39 is 0 Å². The molecule has 0 spiro atoms. The van der Waals surface area contributed by atoms with Crippen LogP contribution in [0.1, 0.15) is 16.8 Å². The third kappa shape index (κ3) is 2.33. The first-order valence-electron chi connectivity index (χ1n) is 5.63. The van der Waals surface area contributed by atoms with Gasteiger partial charge >= 0.3 is 0 Å². The predicted molar refractivity (Wildman–Crippen MR) is 64.7 cm³/mol. The molecule has 1 aromatic carbocycles. The van der Waals surface area contributed by atoms with Crippen LogP contribution >= 0.6 is 0 Å². The Morgan fingerprint density at radius 1 is 1.25 bits per heavy atom. The second kappa shape index (κ2) is 4.99. The van der Waals surface area contributed by atoms with Crippen molar-refractivity contribution in [3.8, 4) is 0 Å². The molecule has 0 unspecified atom stereocenters. The minimum atomic E-state index is -0.354. The molecule has 4 heteroatoms. The van der Waals surface area contributed by atoms with Crippen LogP contribution in [0.3, 0.4) is 0 Å². The summed E-state index contributed by atoms with van der Waals surface area (Å²) in [6.07, 6.45) is 1.09. The summed E-state index contributed by atoms with van der Waals surface area (Å²) in [6, 6.07) is 7.54. The molecule has 1 saturated heterocycles. The van der Waals surface area contributed by atoms with Gasteiger partial charge in [0.25, 0.3) is 5.91 Å². The van der Waals surface area contributed by atoms with E-state index in [1.54, 1.807) is 6.07 Å². The highest BCUT2D eigenvalue weighted by atomic mass is 16.1. The SMILES string of the molecule is NC(=O)c1ccccc1N1CCCNCC1. The second-order valence-corrected chi connectivity index (χ2v) is 3.97. The fourth-order valence-corrected chi connectivity index (χ4v) is 2.04. The molecule has 1 amide bonds. The topological polar surface area (TPSA) is 58.4 Å². The van der Waals surface area contributed by atoms with E-state index in [4.69, 9.17) is 5.73 Å². The van der Waals surface area contributed by atoms with Crippen molar-refractivity contribution in [2.45, 2.75) is 6.42 Å². The number of carbonyl (C=O) groups is 1. The number of anilines is 1. The van der Waals surface area contributed by atoms with Gasteiger partial charge < -0.3 is 16.0 Å². The van der Waals surface area contributed by atoms with Gasteiger partial charge in [0.1, 0.15) is 0 Å². The largest absolute Gasteiger partial charge is 0.370 e. The van der Waals surface area contributed by atoms with E-state index in [1.807, 2.05) is 18.2 Å². The summed E-state index contributed by atoms with van der Waals surface area (Å²) in [5.74, 6) is -0.354. The van der Waals surface area contributed by atoms with Gasteiger partial charge in [-0.25, -0.2) is 0 Å². The summed E-state index contributed by atoms with van der Waals surface area (Å²) >= 11 is 0. The van der Waals surface area contributed by atoms with Crippen molar-refractivity contribution < 1.29 is 4.79 Å². The maximum absolute atomic E-state index is 11.3. The maximum atomic E-state index is 11.3. The highest BCUT2D eigenvalue weighted by Crippen LogP contribution is 2.20. The molecule has 1 aliphatic heterocycles. The normalized spacial score (nSPS) is 16.9. The molecule has 0 radical (unpaired) electrons. The quantitative estimate of drug-likeness (QED) is 0.765. The Balaban J connectivity index is 2.27. The van der Waals surface area contributed by atoms with Crippen molar-refractivity contribution in [2.75, 3.05) is 31.1 Å². The van der Waals surface area contributed by atoms with E-state index in [9.17, 15) is 4.79 Å². The van der Waals surface area contributed by atoms with Crippen LogP contribution in [-0.2, 0) is 0 Å². The van der Waals surface area contributed by atoms with Crippen LogP contribution in [-0.4, -0.2) is 32.1 Å². The Morgan fingerprint density at radius 2 is 2.06 bits per heavy atom. The van der Waals surface area contributed by atoms with Crippen LogP contribution < -0.4 is 16.0 Å². The summed E-state index contributed by atoms with van der Waals surface area (Å²) in [5.41, 5.74) is 6.95. The zero-order valence-electron chi connectivity index (χ0n) is 9.28. The van der Waals surface area contributed by atoms with E-state index in [0.29, 0.717) is 5.56 Å². The van der Waals surface area contributed by atoms with E-state index in [0.717, 1.165) is 38.3 Å². The van der Waals surface area contributed by atoms with Gasteiger partial charge in [-0.2, -0.15) is 0 Å². The van der Waals surface area contributed by atoms with Gasteiger partial charge in [-0.3, -0.25) is 4.79 Å². The van der Waals surface area contributed by atoms with Crippen molar-refractivity contribution in [3.63, 3.8) is 0 Å². The zero-order valence-corrected chi connectivity index (χ0v) is 9.28. The summed E-state index contributed by atoms with van der Waals surface area (Å²) in [6.45, 7) is 3.88. The lowest BCUT2D eigenvalue weighted by Crippen LogP contribution is -2.30. The Morgan fingerprint density at radius 3 is 2.88 bits per heavy atom. The summed E-state index contributed by atoms with van der Waals surface area (Å²) in [7, 11) is 0. The van der Waals surface area contributed by atoms with E-state index >= 15 is 0 Å². The number of benzene rings is 1. The number of primary amides is 1. The molecule has 1 fully saturated rings. The smallest absolute Gasteiger partial charge is 0.250 e. The fraction of sp³-hybridized carbons (Fsp3) is 0.417. The molecule has 16 heavy (non-hydrogen) atoms. The van der Waals surface area contributed by atoms with Gasteiger partial charge in [0.05, 0.1) is 5.56 Å². The number of nitrogens with one attached hydrogen (secondary N) is 1. The fourth-order valence-electron chi connectivity index (χ4n) is 2.04. The molecule has 0 atom stereocenters. The summed E-state index contributed by atoms with van der Waals surface area (Å²) < 4.78 is 0. The lowest BCUT2D eigenvalue weighted by atomic mass is 10.1. The molecule has 0 saturated carbocycles. The molecule has 1 heterocycles. The number of carbonyl (C=O) groups excluding carboxylic acids is 1. The lowest BCUT2D eigenvalue weighted by Gasteiger charge is -2.24. The summed E-state index contributed by atoms with van der Waals surface area (Å²) in [5, 5.41) is 3.34. The average molecular weight is 219 g/mol. The highest BCUT2D eigenvalue weighted by Gasteiger charge is 2.15. The van der Waals surface area contributed by atoms with Crippen LogP contribution in [0, 0.1) is 0 Å². The Kier molecular flexibility index (Phi) is 3.41. The number of amides is 1. The van der Waals surface area contributed by atoms with E-state index in [1.165, 1.54) is 0 Å². The van der Waals surface area contributed by atoms with Crippen molar-refractivity contribution in [2.24, 2.45) is 5.73 Å². The number of nitrogens with zero attached hydrogens (tertiary/aromatic N) is 1. The van der Waals surface area contributed by atoms with Crippen LogP contribution in [0.4, 0.5) is 5.69 Å². The number of hydrogen-bond acceptors (Lipinski definition) is 3. The molecule has 0 aromatic heterocycles. The van der Waals surface area contributed by atoms with Crippen molar-refractivity contribution in [3.05, 3.63) is 29.8 Å². The minimum absolute atomic E-state index is 0.354. The zero-order chi connectivity index (χ0) is 11.4. The van der Waals surface area contributed by atoms with Crippen molar-refractivity contribution >= 4 is 11.6 Å². The molecular weight excluding hydrogens is 202 g/mol. The van der Waals surface area contributed by atoms with Gasteiger partial charge in [0, 0.05) is 25.3 Å². The minimum Gasteiger partial charge on any atom is -0.370 e. The monoisotopic (exact) mass is 219 g/mol. The number of hydrogen-bond donors (Lipinski definition) is 2. The number of nitrogens with two attached hydrogens (primary N) is 1. The average Bonchev–Trinajstić information content (AvgIpc) is 2.57. The molecule has 86 valence electrons. The second-order valence-electron chi connectivity index (χ2n) is 3.97. The number of para-hydroxylation sites is 1. The molecule has 0 bridgehead atoms. The summed E-state index contributed by atoms with van der Waals surface area (Å²) in [4.78, 5) is 13.6. The maximum Gasteiger partial charge on any atom is 0.250 e. The Labute approximate surface area is 95.4 Å². The van der Waals surface area contributed by atoms with E-state index in [-0.39, 0.29) is 5.91 Å². The van der Waals surface area contributed by atoms with Crippen LogP contribution in [0.5, 0.6) is 0 Å². The Bertz CT molecular complexity index is 370.